The number of fused-ring (bicyclic) bond motifs is 3. The summed E-state index contributed by atoms with van der Waals surface area (Å²) in [6, 6.07) is 7.70. The minimum absolute atomic E-state index is 0.0576. The largest absolute Gasteiger partial charge is 0.472 e. The topological polar surface area (TPSA) is 68.2 Å². The van der Waals surface area contributed by atoms with Crippen molar-refractivity contribution in [1.29, 1.82) is 0 Å². The second-order valence-corrected chi connectivity index (χ2v) is 8.48. The third-order valence-corrected chi connectivity index (χ3v) is 6.35. The van der Waals surface area contributed by atoms with Gasteiger partial charge in [0, 0.05) is 36.8 Å². The second kappa shape index (κ2) is 8.66. The van der Waals surface area contributed by atoms with Crippen LogP contribution in [0.1, 0.15) is 35.2 Å². The second-order valence-electron chi connectivity index (χ2n) is 8.48. The van der Waals surface area contributed by atoms with E-state index in [2.05, 4.69) is 15.0 Å². The SMILES string of the molecule is O=C(c1c(F)cccc1-c1ncccn1)N1CC2CC[C@H]1[C@H](Oc1ccc(C(F)(F)F)cn1)C2. The maximum Gasteiger partial charge on any atom is 0.417 e. The molecule has 2 aliphatic heterocycles. The molecule has 4 heterocycles. The van der Waals surface area contributed by atoms with E-state index >= 15 is 0 Å². The van der Waals surface area contributed by atoms with Gasteiger partial charge < -0.3 is 9.64 Å². The lowest BCUT2D eigenvalue weighted by Crippen LogP contribution is -2.59. The first-order chi connectivity index (χ1) is 16.3. The molecule has 176 valence electrons. The summed E-state index contributed by atoms with van der Waals surface area (Å²) in [6.45, 7) is 0.452. The number of halogens is 4. The van der Waals surface area contributed by atoms with Crippen LogP contribution in [0.5, 0.6) is 5.88 Å². The van der Waals surface area contributed by atoms with Crippen molar-refractivity contribution in [2.75, 3.05) is 6.54 Å². The van der Waals surface area contributed by atoms with Gasteiger partial charge in [-0.05, 0) is 43.4 Å². The van der Waals surface area contributed by atoms with Gasteiger partial charge in [-0.2, -0.15) is 13.2 Å². The number of amides is 1. The highest BCUT2D eigenvalue weighted by atomic mass is 19.4. The van der Waals surface area contributed by atoms with E-state index in [1.165, 1.54) is 30.6 Å². The first-order valence-electron chi connectivity index (χ1n) is 10.9. The lowest BCUT2D eigenvalue weighted by Gasteiger charge is -2.49. The number of alkyl halides is 3. The molecule has 0 radical (unpaired) electrons. The lowest BCUT2D eigenvalue weighted by molar-refractivity contribution is -0.137. The molecule has 3 aromatic rings. The van der Waals surface area contributed by atoms with Crippen molar-refractivity contribution in [3.63, 3.8) is 0 Å². The van der Waals surface area contributed by atoms with E-state index in [0.717, 1.165) is 18.7 Å². The summed E-state index contributed by atoms with van der Waals surface area (Å²) >= 11 is 0. The Kier molecular flexibility index (Phi) is 5.66. The molecule has 0 spiro atoms. The van der Waals surface area contributed by atoms with E-state index in [4.69, 9.17) is 4.74 Å². The van der Waals surface area contributed by atoms with Crippen LogP contribution in [0.25, 0.3) is 11.4 Å². The third kappa shape index (κ3) is 4.20. The first kappa shape index (κ1) is 22.2. The van der Waals surface area contributed by atoms with Gasteiger partial charge in [-0.25, -0.2) is 19.3 Å². The monoisotopic (exact) mass is 472 g/mol. The normalized spacial score (nSPS) is 22.0. The highest BCUT2D eigenvalue weighted by Gasteiger charge is 2.45. The van der Waals surface area contributed by atoms with Gasteiger partial charge in [-0.1, -0.05) is 12.1 Å². The molecule has 10 heteroatoms. The zero-order valence-electron chi connectivity index (χ0n) is 17.9. The van der Waals surface area contributed by atoms with Crippen LogP contribution in [-0.2, 0) is 6.18 Å². The van der Waals surface area contributed by atoms with Gasteiger partial charge in [-0.15, -0.1) is 0 Å². The smallest absolute Gasteiger partial charge is 0.417 e. The number of ether oxygens (including phenoxy) is 1. The van der Waals surface area contributed by atoms with Gasteiger partial charge >= 0.3 is 6.18 Å². The molecule has 34 heavy (non-hydrogen) atoms. The van der Waals surface area contributed by atoms with Gasteiger partial charge in [0.25, 0.3) is 5.91 Å². The molecule has 0 N–H and O–H groups in total. The fourth-order valence-electron chi connectivity index (χ4n) is 4.77. The number of pyridine rings is 1. The van der Waals surface area contributed by atoms with Crippen molar-refractivity contribution >= 4 is 5.91 Å². The van der Waals surface area contributed by atoms with Crippen LogP contribution in [0.4, 0.5) is 17.6 Å². The predicted octanol–water partition coefficient (Wildman–Crippen LogP) is 4.77. The molecule has 1 unspecified atom stereocenters. The molecular formula is C24H20F4N4O2. The van der Waals surface area contributed by atoms with E-state index < -0.39 is 29.6 Å². The zero-order valence-corrected chi connectivity index (χ0v) is 17.9. The summed E-state index contributed by atoms with van der Waals surface area (Å²) in [5.74, 6) is -0.713. The van der Waals surface area contributed by atoms with Crippen molar-refractivity contribution in [3.05, 3.63) is 71.9 Å². The maximum atomic E-state index is 14.9. The van der Waals surface area contributed by atoms with Crippen LogP contribution in [0.3, 0.4) is 0 Å². The number of aromatic nitrogens is 3. The molecule has 1 aliphatic carbocycles. The molecule has 2 saturated heterocycles. The zero-order chi connectivity index (χ0) is 23.9. The maximum absolute atomic E-state index is 14.9. The average Bonchev–Trinajstić information content (AvgIpc) is 2.84. The number of rotatable bonds is 4. The molecule has 2 bridgehead atoms. The molecule has 3 fully saturated rings. The van der Waals surface area contributed by atoms with Crippen molar-refractivity contribution in [2.24, 2.45) is 5.92 Å². The van der Waals surface area contributed by atoms with Gasteiger partial charge in [0.05, 0.1) is 17.2 Å². The van der Waals surface area contributed by atoms with Crippen molar-refractivity contribution in [2.45, 2.75) is 37.6 Å². The van der Waals surface area contributed by atoms with Crippen molar-refractivity contribution in [1.82, 2.24) is 19.9 Å². The van der Waals surface area contributed by atoms with Crippen molar-refractivity contribution in [3.8, 4) is 17.3 Å². The Bertz CT molecular complexity index is 1190. The number of piperidine rings is 2. The fourth-order valence-corrected chi connectivity index (χ4v) is 4.77. The fraction of sp³-hybridized carbons (Fsp3) is 0.333. The van der Waals surface area contributed by atoms with E-state index in [1.54, 1.807) is 17.0 Å². The molecular weight excluding hydrogens is 452 g/mol. The Morgan fingerprint density at radius 3 is 2.50 bits per heavy atom. The Labute approximate surface area is 192 Å². The van der Waals surface area contributed by atoms with Crippen LogP contribution >= 0.6 is 0 Å². The third-order valence-electron chi connectivity index (χ3n) is 6.35. The lowest BCUT2D eigenvalue weighted by atomic mass is 9.77. The summed E-state index contributed by atoms with van der Waals surface area (Å²) in [7, 11) is 0. The van der Waals surface area contributed by atoms with Crippen molar-refractivity contribution < 1.29 is 27.1 Å². The minimum atomic E-state index is -4.49. The highest BCUT2D eigenvalue weighted by Crippen LogP contribution is 2.39. The van der Waals surface area contributed by atoms with Crippen LogP contribution in [0, 0.1) is 11.7 Å². The quantitative estimate of drug-likeness (QED) is 0.512. The number of carbonyl (C=O) groups excluding carboxylic acids is 1. The molecule has 6 rings (SSSR count). The highest BCUT2D eigenvalue weighted by molar-refractivity contribution is 6.00. The summed E-state index contributed by atoms with van der Waals surface area (Å²) in [5, 5.41) is 0. The number of carbonyl (C=O) groups is 1. The van der Waals surface area contributed by atoms with E-state index in [1.807, 2.05) is 0 Å². The molecule has 1 aromatic carbocycles. The van der Waals surface area contributed by atoms with Crippen LogP contribution < -0.4 is 4.74 Å². The Morgan fingerprint density at radius 1 is 1.03 bits per heavy atom. The average molecular weight is 472 g/mol. The molecule has 3 atom stereocenters. The summed E-state index contributed by atoms with van der Waals surface area (Å²) < 4.78 is 59.3. The van der Waals surface area contributed by atoms with E-state index in [-0.39, 0.29) is 29.2 Å². The molecule has 1 saturated carbocycles. The Balaban J connectivity index is 1.41. The van der Waals surface area contributed by atoms with Crippen LogP contribution in [-0.4, -0.2) is 44.4 Å². The molecule has 2 aromatic heterocycles. The standard InChI is InChI=1S/C24H20F4N4O2/c25-17-4-1-3-16(22-29-9-2-10-30-22)21(17)23(33)32-13-14-5-7-18(32)19(11-14)34-20-8-6-15(12-31-20)24(26,27)28/h1-4,6,8-10,12,14,18-19H,5,7,11,13H2/t14?,18-,19+/m0/s1. The summed E-state index contributed by atoms with van der Waals surface area (Å²) in [5.41, 5.74) is -0.668. The number of benzene rings is 1. The summed E-state index contributed by atoms with van der Waals surface area (Å²) in [6.07, 6.45) is 1.00. The van der Waals surface area contributed by atoms with Gasteiger partial charge in [-0.3, -0.25) is 4.79 Å². The van der Waals surface area contributed by atoms with Gasteiger partial charge in [0.2, 0.25) is 5.88 Å². The van der Waals surface area contributed by atoms with Gasteiger partial charge in [0.15, 0.2) is 5.82 Å². The number of nitrogens with zero attached hydrogens (tertiary/aromatic N) is 4. The van der Waals surface area contributed by atoms with Gasteiger partial charge in [0.1, 0.15) is 11.9 Å². The first-order valence-corrected chi connectivity index (χ1v) is 10.9. The number of hydrogen-bond acceptors (Lipinski definition) is 5. The number of hydrogen-bond donors (Lipinski definition) is 0. The summed E-state index contributed by atoms with van der Waals surface area (Å²) in [4.78, 5) is 27.3. The van der Waals surface area contributed by atoms with E-state index in [0.29, 0.717) is 24.9 Å². The van der Waals surface area contributed by atoms with E-state index in [9.17, 15) is 22.4 Å². The Hall–Kier alpha value is -3.56. The minimum Gasteiger partial charge on any atom is -0.472 e. The van der Waals surface area contributed by atoms with Crippen LogP contribution in [0.2, 0.25) is 0 Å². The molecule has 1 amide bonds. The molecule has 6 nitrogen and oxygen atoms in total. The van der Waals surface area contributed by atoms with Crippen LogP contribution in [0.15, 0.2) is 55.0 Å². The molecule has 3 aliphatic rings. The predicted molar refractivity (Wildman–Crippen MR) is 113 cm³/mol. The Morgan fingerprint density at radius 2 is 1.82 bits per heavy atom.